The van der Waals surface area contributed by atoms with E-state index < -0.39 is 9.84 Å². The molecule has 0 amide bonds. The van der Waals surface area contributed by atoms with E-state index in [1.54, 1.807) is 6.20 Å². The van der Waals surface area contributed by atoms with E-state index in [1.165, 1.54) is 11.8 Å². The number of rotatable bonds is 4. The molecule has 0 bridgehead atoms. The summed E-state index contributed by atoms with van der Waals surface area (Å²) in [7, 11) is -2.84. The second-order valence-electron chi connectivity index (χ2n) is 5.03. The molecule has 0 N–H and O–H groups in total. The van der Waals surface area contributed by atoms with Crippen LogP contribution in [0, 0.1) is 0 Å². The number of likely N-dealkylation sites (tertiary alicyclic amines) is 1. The minimum atomic E-state index is -2.84. The zero-order valence-corrected chi connectivity index (χ0v) is 11.6. The lowest BCUT2D eigenvalue weighted by Gasteiger charge is -2.31. The summed E-state index contributed by atoms with van der Waals surface area (Å²) in [6.07, 6.45) is 7.22. The molecule has 0 spiro atoms. The smallest absolute Gasteiger partial charge is 0.148 e. The van der Waals surface area contributed by atoms with Crippen molar-refractivity contribution in [1.82, 2.24) is 9.88 Å². The fourth-order valence-corrected chi connectivity index (χ4v) is 2.99. The number of nitrogens with zero attached hydrogens (tertiary/aromatic N) is 2. The predicted molar refractivity (Wildman–Crippen MR) is 72.4 cm³/mol. The highest BCUT2D eigenvalue weighted by molar-refractivity contribution is 7.90. The van der Waals surface area contributed by atoms with Gasteiger partial charge >= 0.3 is 0 Å². The second kappa shape index (κ2) is 5.80. The van der Waals surface area contributed by atoms with Gasteiger partial charge in [-0.2, -0.15) is 0 Å². The van der Waals surface area contributed by atoms with Crippen molar-refractivity contribution in [3.63, 3.8) is 0 Å². The third-order valence-electron chi connectivity index (χ3n) is 3.52. The van der Waals surface area contributed by atoms with E-state index >= 15 is 0 Å². The van der Waals surface area contributed by atoms with Crippen LogP contribution in [0.2, 0.25) is 0 Å². The lowest BCUT2D eigenvalue weighted by molar-refractivity contribution is 0.223. The number of sulfone groups is 1. The molecule has 4 nitrogen and oxygen atoms in total. The summed E-state index contributed by atoms with van der Waals surface area (Å²) in [5, 5.41) is 0. The Kier molecular flexibility index (Phi) is 4.35. The third kappa shape index (κ3) is 4.07. The Balaban J connectivity index is 1.82. The molecule has 2 heterocycles. The molecule has 5 heteroatoms. The van der Waals surface area contributed by atoms with E-state index in [9.17, 15) is 8.42 Å². The first-order valence-corrected chi connectivity index (χ1v) is 8.41. The fourth-order valence-electron chi connectivity index (χ4n) is 2.40. The Labute approximate surface area is 109 Å². The Morgan fingerprint density at radius 1 is 1.39 bits per heavy atom. The standard InChI is InChI=1S/C13H20N2O2S/c1-18(16,17)10-9-15-7-4-12(5-8-15)13-3-2-6-14-11-13/h2-3,6,11-12H,4-5,7-10H2,1H3. The Morgan fingerprint density at radius 2 is 2.11 bits per heavy atom. The monoisotopic (exact) mass is 268 g/mol. The SMILES string of the molecule is CS(=O)(=O)CCN1CCC(c2cccnc2)CC1. The van der Waals surface area contributed by atoms with Crippen LogP contribution in [0.4, 0.5) is 0 Å². The molecule has 2 rings (SSSR count). The Bertz CT molecular complexity index is 465. The van der Waals surface area contributed by atoms with Gasteiger partial charge in [-0.05, 0) is 43.5 Å². The first-order chi connectivity index (χ1) is 8.54. The van der Waals surface area contributed by atoms with Crippen molar-refractivity contribution in [3.8, 4) is 0 Å². The molecule has 1 aromatic heterocycles. The molecule has 18 heavy (non-hydrogen) atoms. The van der Waals surface area contributed by atoms with Crippen molar-refractivity contribution in [2.24, 2.45) is 0 Å². The maximum atomic E-state index is 11.1. The molecule has 0 unspecified atom stereocenters. The first-order valence-electron chi connectivity index (χ1n) is 6.34. The number of hydrogen-bond donors (Lipinski definition) is 0. The van der Waals surface area contributed by atoms with Crippen molar-refractivity contribution >= 4 is 9.84 Å². The fraction of sp³-hybridized carbons (Fsp3) is 0.615. The van der Waals surface area contributed by atoms with Gasteiger partial charge in [0, 0.05) is 25.2 Å². The minimum absolute atomic E-state index is 0.268. The molecule has 1 fully saturated rings. The zero-order chi connectivity index (χ0) is 13.0. The summed E-state index contributed by atoms with van der Waals surface area (Å²) >= 11 is 0. The van der Waals surface area contributed by atoms with E-state index in [0.29, 0.717) is 12.5 Å². The van der Waals surface area contributed by atoms with Crippen LogP contribution in [0.25, 0.3) is 0 Å². The van der Waals surface area contributed by atoms with Crippen molar-refractivity contribution in [1.29, 1.82) is 0 Å². The molecule has 100 valence electrons. The van der Waals surface area contributed by atoms with Gasteiger partial charge in [-0.25, -0.2) is 8.42 Å². The largest absolute Gasteiger partial charge is 0.302 e. The summed E-state index contributed by atoms with van der Waals surface area (Å²) in [4.78, 5) is 6.40. The summed E-state index contributed by atoms with van der Waals surface area (Å²) < 4.78 is 22.2. The molecule has 0 atom stereocenters. The highest BCUT2D eigenvalue weighted by Gasteiger charge is 2.21. The van der Waals surface area contributed by atoms with E-state index in [2.05, 4.69) is 16.0 Å². The maximum absolute atomic E-state index is 11.1. The van der Waals surface area contributed by atoms with Gasteiger partial charge in [0.25, 0.3) is 0 Å². The van der Waals surface area contributed by atoms with E-state index in [4.69, 9.17) is 0 Å². The van der Waals surface area contributed by atoms with E-state index in [0.717, 1.165) is 25.9 Å². The maximum Gasteiger partial charge on any atom is 0.148 e. The Morgan fingerprint density at radius 3 is 2.67 bits per heavy atom. The summed E-state index contributed by atoms with van der Waals surface area (Å²) in [6, 6.07) is 4.11. The summed E-state index contributed by atoms with van der Waals surface area (Å²) in [6.45, 7) is 2.63. The van der Waals surface area contributed by atoms with Crippen molar-refractivity contribution < 1.29 is 8.42 Å². The van der Waals surface area contributed by atoms with Crippen LogP contribution in [0.3, 0.4) is 0 Å². The highest BCUT2D eigenvalue weighted by atomic mass is 32.2. The summed E-state index contributed by atoms with van der Waals surface area (Å²) in [5.41, 5.74) is 1.31. The molecule has 0 saturated carbocycles. The molecule has 0 radical (unpaired) electrons. The lowest BCUT2D eigenvalue weighted by Crippen LogP contribution is -2.36. The second-order valence-corrected chi connectivity index (χ2v) is 7.29. The molecule has 1 aliphatic rings. The van der Waals surface area contributed by atoms with Gasteiger partial charge in [0.2, 0.25) is 0 Å². The average molecular weight is 268 g/mol. The first kappa shape index (κ1) is 13.5. The van der Waals surface area contributed by atoms with Gasteiger partial charge in [0.1, 0.15) is 9.84 Å². The molecular formula is C13H20N2O2S. The van der Waals surface area contributed by atoms with Gasteiger partial charge in [-0.1, -0.05) is 6.07 Å². The number of aromatic nitrogens is 1. The normalized spacial score (nSPS) is 18.9. The molecule has 1 aromatic rings. The van der Waals surface area contributed by atoms with Gasteiger partial charge in [-0.15, -0.1) is 0 Å². The molecule has 1 saturated heterocycles. The molecule has 0 aliphatic carbocycles. The molecular weight excluding hydrogens is 248 g/mol. The highest BCUT2D eigenvalue weighted by Crippen LogP contribution is 2.26. The number of hydrogen-bond acceptors (Lipinski definition) is 4. The zero-order valence-electron chi connectivity index (χ0n) is 10.7. The number of pyridine rings is 1. The van der Waals surface area contributed by atoms with Crippen molar-refractivity contribution in [3.05, 3.63) is 30.1 Å². The quantitative estimate of drug-likeness (QED) is 0.826. The topological polar surface area (TPSA) is 50.3 Å². The van der Waals surface area contributed by atoms with Crippen LogP contribution >= 0.6 is 0 Å². The van der Waals surface area contributed by atoms with Crippen LogP contribution in [-0.4, -0.2) is 49.9 Å². The summed E-state index contributed by atoms with van der Waals surface area (Å²) in [5.74, 6) is 0.845. The Hall–Kier alpha value is -0.940. The van der Waals surface area contributed by atoms with Crippen LogP contribution in [0.5, 0.6) is 0 Å². The van der Waals surface area contributed by atoms with Crippen LogP contribution in [-0.2, 0) is 9.84 Å². The number of piperidine rings is 1. The van der Waals surface area contributed by atoms with Gasteiger partial charge in [0.15, 0.2) is 0 Å². The van der Waals surface area contributed by atoms with Crippen molar-refractivity contribution in [2.45, 2.75) is 18.8 Å². The molecule has 1 aliphatic heterocycles. The van der Waals surface area contributed by atoms with Crippen LogP contribution < -0.4 is 0 Å². The minimum Gasteiger partial charge on any atom is -0.302 e. The average Bonchev–Trinajstić information content (AvgIpc) is 2.37. The van der Waals surface area contributed by atoms with Gasteiger partial charge in [0.05, 0.1) is 5.75 Å². The van der Waals surface area contributed by atoms with Gasteiger partial charge in [-0.3, -0.25) is 4.98 Å². The predicted octanol–water partition coefficient (Wildman–Crippen LogP) is 1.31. The van der Waals surface area contributed by atoms with E-state index in [-0.39, 0.29) is 5.75 Å². The lowest BCUT2D eigenvalue weighted by atomic mass is 9.90. The van der Waals surface area contributed by atoms with E-state index in [1.807, 2.05) is 12.3 Å². The van der Waals surface area contributed by atoms with Gasteiger partial charge < -0.3 is 4.90 Å². The van der Waals surface area contributed by atoms with Crippen LogP contribution in [0.1, 0.15) is 24.3 Å². The third-order valence-corrected chi connectivity index (χ3v) is 4.45. The van der Waals surface area contributed by atoms with Crippen LogP contribution in [0.15, 0.2) is 24.5 Å². The molecule has 0 aromatic carbocycles. The van der Waals surface area contributed by atoms with Crippen molar-refractivity contribution in [2.75, 3.05) is 31.6 Å².